The molecule has 1 amide bonds. The first kappa shape index (κ1) is 15.0. The fourth-order valence-corrected chi connectivity index (χ4v) is 2.21. The normalized spacial score (nSPS) is 11.1. The highest BCUT2D eigenvalue weighted by Gasteiger charge is 2.10. The first-order valence-corrected chi connectivity index (χ1v) is 8.12. The Morgan fingerprint density at radius 3 is 2.61 bits per heavy atom. The molecule has 0 aromatic heterocycles. The van der Waals surface area contributed by atoms with Gasteiger partial charge in [0.15, 0.2) is 0 Å². The Hall–Kier alpha value is -1.08. The lowest BCUT2D eigenvalue weighted by Crippen LogP contribution is -2.15. The van der Waals surface area contributed by atoms with Crippen molar-refractivity contribution < 1.29 is 13.2 Å². The summed E-state index contributed by atoms with van der Waals surface area (Å²) < 4.78 is 25.2. The summed E-state index contributed by atoms with van der Waals surface area (Å²) in [6.07, 6.45) is 0.371. The van der Waals surface area contributed by atoms with Gasteiger partial charge in [0.25, 0.3) is 0 Å². The molecule has 0 spiro atoms. The second-order valence-corrected chi connectivity index (χ2v) is 6.78. The minimum Gasteiger partial charge on any atom is -0.326 e. The molecule has 0 heterocycles. The van der Waals surface area contributed by atoms with Gasteiger partial charge in [-0.25, -0.2) is 8.42 Å². The molecule has 0 aliphatic heterocycles. The average Bonchev–Trinajstić information content (AvgIpc) is 2.33. The number of benzene rings is 1. The lowest BCUT2D eigenvalue weighted by molar-refractivity contribution is -0.115. The third kappa shape index (κ3) is 4.30. The molecule has 18 heavy (non-hydrogen) atoms. The number of sulfonamides is 1. The van der Waals surface area contributed by atoms with Crippen LogP contribution in [0.5, 0.6) is 0 Å². The monoisotopic (exact) mass is 334 g/mol. The molecule has 0 atom stereocenters. The predicted molar refractivity (Wildman–Crippen MR) is 76.4 cm³/mol. The predicted octanol–water partition coefficient (Wildman–Crippen LogP) is 2.44. The van der Waals surface area contributed by atoms with Crippen molar-refractivity contribution >= 4 is 43.2 Å². The molecule has 7 heteroatoms. The molecule has 1 aromatic carbocycles. The molecule has 0 saturated heterocycles. The molecular weight excluding hydrogens is 320 g/mol. The maximum absolute atomic E-state index is 11.5. The van der Waals surface area contributed by atoms with Crippen molar-refractivity contribution in [3.63, 3.8) is 0 Å². The second kappa shape index (κ2) is 6.19. The Labute approximate surface area is 115 Å². The van der Waals surface area contributed by atoms with Gasteiger partial charge < -0.3 is 5.32 Å². The van der Waals surface area contributed by atoms with Crippen molar-refractivity contribution in [3.05, 3.63) is 23.8 Å². The summed E-state index contributed by atoms with van der Waals surface area (Å²) in [5.74, 6) is -0.117. The van der Waals surface area contributed by atoms with E-state index in [2.05, 4.69) is 26.0 Å². The zero-order valence-electron chi connectivity index (χ0n) is 10.2. The van der Waals surface area contributed by atoms with Crippen molar-refractivity contribution in [2.24, 2.45) is 0 Å². The van der Waals surface area contributed by atoms with E-state index in [1.54, 1.807) is 32.0 Å². The fourth-order valence-electron chi connectivity index (χ4n) is 1.25. The van der Waals surface area contributed by atoms with E-state index < -0.39 is 10.0 Å². The first-order valence-electron chi connectivity index (χ1n) is 5.35. The number of alkyl halides is 1. The van der Waals surface area contributed by atoms with Gasteiger partial charge in [-0.05, 0) is 24.6 Å². The molecule has 0 unspecified atom stereocenters. The van der Waals surface area contributed by atoms with Crippen molar-refractivity contribution in [1.29, 1.82) is 0 Å². The average molecular weight is 335 g/mol. The van der Waals surface area contributed by atoms with Crippen LogP contribution < -0.4 is 10.0 Å². The minimum absolute atomic E-state index is 0.117. The topological polar surface area (TPSA) is 75.3 Å². The molecule has 1 aromatic rings. The van der Waals surface area contributed by atoms with Gasteiger partial charge in [-0.2, -0.15) is 0 Å². The van der Waals surface area contributed by atoms with Crippen molar-refractivity contribution in [1.82, 2.24) is 0 Å². The first-order chi connectivity index (χ1) is 8.38. The number of aryl methyl sites for hydroxylation is 1. The van der Waals surface area contributed by atoms with Crippen molar-refractivity contribution in [2.45, 2.75) is 20.3 Å². The summed E-state index contributed by atoms with van der Waals surface area (Å²) in [6, 6.07) is 5.08. The van der Waals surface area contributed by atoms with Gasteiger partial charge in [0, 0.05) is 12.1 Å². The van der Waals surface area contributed by atoms with Crippen LogP contribution in [0.2, 0.25) is 0 Å². The number of anilines is 2. The number of rotatable bonds is 5. The van der Waals surface area contributed by atoms with Crippen LogP contribution in [-0.4, -0.2) is 19.0 Å². The van der Waals surface area contributed by atoms with Gasteiger partial charge in [-0.1, -0.05) is 28.9 Å². The zero-order chi connectivity index (χ0) is 13.8. The van der Waals surface area contributed by atoms with Crippen LogP contribution in [0.25, 0.3) is 0 Å². The van der Waals surface area contributed by atoms with Crippen LogP contribution in [0, 0.1) is 6.92 Å². The van der Waals surface area contributed by atoms with E-state index in [-0.39, 0.29) is 10.6 Å². The lowest BCUT2D eigenvalue weighted by atomic mass is 10.2. The third-order valence-corrected chi connectivity index (χ3v) is 4.88. The van der Waals surface area contributed by atoms with E-state index in [1.165, 1.54) is 0 Å². The summed E-state index contributed by atoms with van der Waals surface area (Å²) in [6.45, 7) is 3.54. The number of halogens is 1. The fraction of sp³-hybridized carbons (Fsp3) is 0.364. The van der Waals surface area contributed by atoms with E-state index in [1.807, 2.05) is 0 Å². The van der Waals surface area contributed by atoms with Crippen LogP contribution in [0.15, 0.2) is 18.2 Å². The molecule has 100 valence electrons. The quantitative estimate of drug-likeness (QED) is 0.812. The number of amides is 1. The van der Waals surface area contributed by atoms with E-state index in [0.717, 1.165) is 5.56 Å². The van der Waals surface area contributed by atoms with Crippen molar-refractivity contribution in [3.8, 4) is 0 Å². The van der Waals surface area contributed by atoms with E-state index in [0.29, 0.717) is 17.8 Å². The van der Waals surface area contributed by atoms with Gasteiger partial charge in [0.1, 0.15) is 4.66 Å². The van der Waals surface area contributed by atoms with Crippen LogP contribution in [-0.2, 0) is 14.8 Å². The van der Waals surface area contributed by atoms with Crippen LogP contribution in [0.4, 0.5) is 11.4 Å². The van der Waals surface area contributed by atoms with Gasteiger partial charge in [-0.15, -0.1) is 0 Å². The largest absolute Gasteiger partial charge is 0.326 e. The number of nitrogens with one attached hydrogen (secondary N) is 2. The number of carbonyl (C=O) groups is 1. The van der Waals surface area contributed by atoms with E-state index in [9.17, 15) is 13.2 Å². The minimum atomic E-state index is -3.39. The second-order valence-electron chi connectivity index (χ2n) is 3.76. The molecular formula is C11H15BrN2O3S. The molecule has 2 N–H and O–H groups in total. The summed E-state index contributed by atoms with van der Waals surface area (Å²) in [5, 5.41) is 2.68. The molecule has 5 nitrogen and oxygen atoms in total. The number of hydrogen-bond acceptors (Lipinski definition) is 3. The molecule has 0 saturated carbocycles. The smallest absolute Gasteiger partial charge is 0.242 e. The number of carbonyl (C=O) groups excluding carboxylic acids is 1. The van der Waals surface area contributed by atoms with E-state index in [4.69, 9.17) is 0 Å². The maximum Gasteiger partial charge on any atom is 0.242 e. The Bertz CT molecular complexity index is 543. The van der Waals surface area contributed by atoms with Crippen molar-refractivity contribution in [2.75, 3.05) is 14.7 Å². The van der Waals surface area contributed by atoms with Gasteiger partial charge in [0.2, 0.25) is 15.9 Å². The lowest BCUT2D eigenvalue weighted by Gasteiger charge is -2.11. The van der Waals surface area contributed by atoms with E-state index >= 15 is 0 Å². The summed E-state index contributed by atoms with van der Waals surface area (Å²) in [5.41, 5.74) is 1.82. The highest BCUT2D eigenvalue weighted by molar-refractivity contribution is 9.10. The maximum atomic E-state index is 11.5. The molecule has 0 radical (unpaired) electrons. The molecule has 0 bridgehead atoms. The van der Waals surface area contributed by atoms with Gasteiger partial charge >= 0.3 is 0 Å². The highest BCUT2D eigenvalue weighted by atomic mass is 79.9. The SMILES string of the molecule is CCC(=O)Nc1ccc(C)c(NS(=O)(=O)CBr)c1. The third-order valence-electron chi connectivity index (χ3n) is 2.25. The van der Waals surface area contributed by atoms with Gasteiger partial charge in [0.05, 0.1) is 5.69 Å². The zero-order valence-corrected chi connectivity index (χ0v) is 12.6. The van der Waals surface area contributed by atoms with Gasteiger partial charge in [-0.3, -0.25) is 9.52 Å². The number of hydrogen-bond donors (Lipinski definition) is 2. The Morgan fingerprint density at radius 1 is 1.39 bits per heavy atom. The molecule has 0 aliphatic rings. The Morgan fingerprint density at radius 2 is 2.06 bits per heavy atom. The molecule has 0 fully saturated rings. The summed E-state index contributed by atoms with van der Waals surface area (Å²) in [4.78, 5) is 11.3. The Kier molecular flexibility index (Phi) is 5.15. The standard InChI is InChI=1S/C11H15BrN2O3S/c1-3-11(15)13-9-5-4-8(2)10(6-9)14-18(16,17)7-12/h4-6,14H,3,7H2,1-2H3,(H,13,15). The molecule has 1 rings (SSSR count). The van der Waals surface area contributed by atoms with Crippen LogP contribution in [0.3, 0.4) is 0 Å². The van der Waals surface area contributed by atoms with Crippen LogP contribution in [0.1, 0.15) is 18.9 Å². The summed E-state index contributed by atoms with van der Waals surface area (Å²) >= 11 is 2.90. The highest BCUT2D eigenvalue weighted by Crippen LogP contribution is 2.21. The molecule has 0 aliphatic carbocycles. The van der Waals surface area contributed by atoms with Crippen LogP contribution >= 0.6 is 15.9 Å². The summed E-state index contributed by atoms with van der Waals surface area (Å²) in [7, 11) is -3.39. The Balaban J connectivity index is 2.98.